The summed E-state index contributed by atoms with van der Waals surface area (Å²) in [5.41, 5.74) is -1.56. The molecule has 0 saturated carbocycles. The smallest absolute Gasteiger partial charge is 0.324 e. The number of phenolic OH excluding ortho intramolecular Hbond substituents is 2. The minimum Gasteiger partial charge on any atom is -0.507 e. The van der Waals surface area contributed by atoms with Crippen LogP contribution in [0.3, 0.4) is 0 Å². The van der Waals surface area contributed by atoms with E-state index in [9.17, 15) is 29.9 Å². The number of aromatic hydroxyl groups is 2. The van der Waals surface area contributed by atoms with E-state index >= 15 is 0 Å². The highest BCUT2D eigenvalue weighted by Gasteiger charge is 2.40. The van der Waals surface area contributed by atoms with E-state index in [1.54, 1.807) is 30.3 Å². The third-order valence-corrected chi connectivity index (χ3v) is 4.50. The van der Waals surface area contributed by atoms with E-state index < -0.39 is 39.2 Å². The molecule has 0 spiro atoms. The summed E-state index contributed by atoms with van der Waals surface area (Å²) < 4.78 is 0. The van der Waals surface area contributed by atoms with Crippen molar-refractivity contribution in [2.75, 3.05) is 5.32 Å². The SMILES string of the molecule is O=C1c2cc(Nc3ccccc3)c(O)c([N+](=O)[O-])c2C(=O)c2cccc(O)c21. The van der Waals surface area contributed by atoms with Gasteiger partial charge in [0.15, 0.2) is 5.78 Å². The first-order valence-electron chi connectivity index (χ1n) is 8.18. The molecule has 28 heavy (non-hydrogen) atoms. The standard InChI is InChI=1S/C20H12N2O6/c23-14-8-4-7-11-15(14)19(25)12-9-13(21-10-5-2-1-3-6-10)20(26)17(22(27)28)16(12)18(11)24/h1-9,21,23,26H. The van der Waals surface area contributed by atoms with E-state index in [-0.39, 0.29) is 22.4 Å². The van der Waals surface area contributed by atoms with Gasteiger partial charge in [0.1, 0.15) is 11.3 Å². The Morgan fingerprint density at radius 3 is 2.21 bits per heavy atom. The number of fused-ring (bicyclic) bond motifs is 2. The summed E-state index contributed by atoms with van der Waals surface area (Å²) in [5.74, 6) is -2.69. The van der Waals surface area contributed by atoms with Gasteiger partial charge in [-0.05, 0) is 24.3 Å². The maximum atomic E-state index is 12.9. The summed E-state index contributed by atoms with van der Waals surface area (Å²) >= 11 is 0. The topological polar surface area (TPSA) is 130 Å². The molecule has 138 valence electrons. The van der Waals surface area contributed by atoms with Gasteiger partial charge >= 0.3 is 5.69 Å². The zero-order chi connectivity index (χ0) is 20.0. The van der Waals surface area contributed by atoms with E-state index in [0.29, 0.717) is 5.69 Å². The number of nitrogens with zero attached hydrogens (tertiary/aromatic N) is 1. The molecule has 4 rings (SSSR count). The first-order chi connectivity index (χ1) is 13.4. The summed E-state index contributed by atoms with van der Waals surface area (Å²) in [4.78, 5) is 36.5. The third kappa shape index (κ3) is 2.47. The number of rotatable bonds is 3. The summed E-state index contributed by atoms with van der Waals surface area (Å²) in [6, 6.07) is 13.6. The highest BCUT2D eigenvalue weighted by molar-refractivity contribution is 6.31. The van der Waals surface area contributed by atoms with E-state index in [1.807, 2.05) is 0 Å². The molecule has 0 bridgehead atoms. The number of hydrogen-bond donors (Lipinski definition) is 3. The Morgan fingerprint density at radius 2 is 1.54 bits per heavy atom. The molecule has 3 N–H and O–H groups in total. The second kappa shape index (κ2) is 6.20. The van der Waals surface area contributed by atoms with Crippen LogP contribution in [0.1, 0.15) is 31.8 Å². The number of nitro groups is 1. The van der Waals surface area contributed by atoms with Gasteiger partial charge in [-0.2, -0.15) is 0 Å². The molecule has 0 aliphatic heterocycles. The number of phenols is 2. The van der Waals surface area contributed by atoms with Crippen LogP contribution >= 0.6 is 0 Å². The van der Waals surface area contributed by atoms with Gasteiger partial charge in [-0.3, -0.25) is 19.7 Å². The van der Waals surface area contributed by atoms with Gasteiger partial charge in [0.05, 0.1) is 16.2 Å². The number of hydrogen-bond acceptors (Lipinski definition) is 7. The fourth-order valence-corrected chi connectivity index (χ4v) is 3.25. The van der Waals surface area contributed by atoms with Crippen molar-refractivity contribution in [3.05, 3.63) is 87.0 Å². The third-order valence-electron chi connectivity index (χ3n) is 4.50. The highest BCUT2D eigenvalue weighted by Crippen LogP contribution is 2.45. The molecule has 0 aromatic heterocycles. The fraction of sp³-hybridized carbons (Fsp3) is 0. The molecule has 0 amide bonds. The number of carbonyl (C=O) groups excluding carboxylic acids is 2. The van der Waals surface area contributed by atoms with E-state index in [1.165, 1.54) is 24.3 Å². The van der Waals surface area contributed by atoms with Crippen molar-refractivity contribution in [3.63, 3.8) is 0 Å². The molecule has 3 aromatic rings. The number of ketones is 2. The van der Waals surface area contributed by atoms with Crippen molar-refractivity contribution in [1.29, 1.82) is 0 Å². The van der Waals surface area contributed by atoms with Gasteiger partial charge in [0, 0.05) is 16.8 Å². The molecular weight excluding hydrogens is 364 g/mol. The molecule has 0 atom stereocenters. The number of benzene rings is 3. The molecule has 0 radical (unpaired) electrons. The monoisotopic (exact) mass is 376 g/mol. The Labute approximate surface area is 157 Å². The number of para-hydroxylation sites is 1. The lowest BCUT2D eigenvalue weighted by molar-refractivity contribution is -0.386. The minimum absolute atomic E-state index is 0.100. The average molecular weight is 376 g/mol. The van der Waals surface area contributed by atoms with Gasteiger partial charge in [0.25, 0.3) is 0 Å². The first-order valence-corrected chi connectivity index (χ1v) is 8.18. The Hall–Kier alpha value is -4.20. The molecular formula is C20H12N2O6. The fourth-order valence-electron chi connectivity index (χ4n) is 3.25. The van der Waals surface area contributed by atoms with Crippen molar-refractivity contribution in [2.45, 2.75) is 0 Å². The van der Waals surface area contributed by atoms with Crippen LogP contribution in [-0.2, 0) is 0 Å². The summed E-state index contributed by atoms with van der Waals surface area (Å²) in [6.07, 6.45) is 0. The Kier molecular flexibility index (Phi) is 3.82. The maximum absolute atomic E-state index is 12.9. The molecule has 1 aliphatic carbocycles. The van der Waals surface area contributed by atoms with Crippen LogP contribution in [0.5, 0.6) is 11.5 Å². The molecule has 0 unspecified atom stereocenters. The Morgan fingerprint density at radius 1 is 0.857 bits per heavy atom. The van der Waals surface area contributed by atoms with Gasteiger partial charge in [-0.25, -0.2) is 0 Å². The van der Waals surface area contributed by atoms with Gasteiger partial charge < -0.3 is 15.5 Å². The van der Waals surface area contributed by atoms with Gasteiger partial charge in [0.2, 0.25) is 11.5 Å². The quantitative estimate of drug-likeness (QED) is 0.283. The summed E-state index contributed by atoms with van der Waals surface area (Å²) in [5, 5.41) is 34.9. The predicted octanol–water partition coefficient (Wildman–Crippen LogP) is 3.53. The number of carbonyl (C=O) groups is 2. The number of nitro benzene ring substituents is 1. The van der Waals surface area contributed by atoms with Crippen molar-refractivity contribution >= 4 is 28.6 Å². The summed E-state index contributed by atoms with van der Waals surface area (Å²) in [6.45, 7) is 0. The number of nitrogens with one attached hydrogen (secondary N) is 1. The maximum Gasteiger partial charge on any atom is 0.324 e. The first kappa shape index (κ1) is 17.2. The highest BCUT2D eigenvalue weighted by atomic mass is 16.6. The molecule has 8 nitrogen and oxygen atoms in total. The largest absolute Gasteiger partial charge is 0.507 e. The van der Waals surface area contributed by atoms with Crippen LogP contribution in [0.25, 0.3) is 0 Å². The lowest BCUT2D eigenvalue weighted by atomic mass is 9.82. The minimum atomic E-state index is -0.899. The second-order valence-corrected chi connectivity index (χ2v) is 6.15. The van der Waals surface area contributed by atoms with E-state index in [4.69, 9.17) is 0 Å². The molecule has 8 heteroatoms. The van der Waals surface area contributed by atoms with E-state index in [0.717, 1.165) is 0 Å². The van der Waals surface area contributed by atoms with Crippen molar-refractivity contribution in [3.8, 4) is 11.5 Å². The normalized spacial score (nSPS) is 12.3. The average Bonchev–Trinajstić information content (AvgIpc) is 2.67. The zero-order valence-electron chi connectivity index (χ0n) is 14.2. The molecule has 1 aliphatic rings. The van der Waals surface area contributed by atoms with Crippen LogP contribution in [0.4, 0.5) is 17.1 Å². The molecule has 0 saturated heterocycles. The van der Waals surface area contributed by atoms with Crippen molar-refractivity contribution in [2.24, 2.45) is 0 Å². The number of anilines is 2. The lowest BCUT2D eigenvalue weighted by Crippen LogP contribution is -2.22. The van der Waals surface area contributed by atoms with Crippen molar-refractivity contribution in [1.82, 2.24) is 0 Å². The van der Waals surface area contributed by atoms with Crippen LogP contribution in [-0.4, -0.2) is 26.7 Å². The molecule has 0 fully saturated rings. The lowest BCUT2D eigenvalue weighted by Gasteiger charge is -2.20. The molecule has 3 aromatic carbocycles. The molecule has 0 heterocycles. The van der Waals surface area contributed by atoms with Crippen LogP contribution in [0.2, 0.25) is 0 Å². The van der Waals surface area contributed by atoms with Crippen LogP contribution in [0.15, 0.2) is 54.6 Å². The van der Waals surface area contributed by atoms with Crippen LogP contribution in [0, 0.1) is 10.1 Å². The van der Waals surface area contributed by atoms with Crippen molar-refractivity contribution < 1.29 is 24.7 Å². The Balaban J connectivity index is 1.99. The van der Waals surface area contributed by atoms with E-state index in [2.05, 4.69) is 5.32 Å². The van der Waals surface area contributed by atoms with Crippen LogP contribution < -0.4 is 5.32 Å². The Bertz CT molecular complexity index is 1170. The predicted molar refractivity (Wildman–Crippen MR) is 99.5 cm³/mol. The second-order valence-electron chi connectivity index (χ2n) is 6.15. The zero-order valence-corrected chi connectivity index (χ0v) is 14.2. The van der Waals surface area contributed by atoms with Gasteiger partial charge in [-0.15, -0.1) is 0 Å². The summed E-state index contributed by atoms with van der Waals surface area (Å²) in [7, 11) is 0. The van der Waals surface area contributed by atoms with Gasteiger partial charge in [-0.1, -0.05) is 30.3 Å².